The lowest BCUT2D eigenvalue weighted by Gasteiger charge is -2.16. The summed E-state index contributed by atoms with van der Waals surface area (Å²) >= 11 is 0. The molecule has 0 aromatic heterocycles. The zero-order chi connectivity index (χ0) is 15.9. The molecular weight excluding hydrogens is 314 g/mol. The van der Waals surface area contributed by atoms with Gasteiger partial charge in [-0.3, -0.25) is 9.59 Å². The fraction of sp³-hybridized carbons (Fsp3) is 0.529. The van der Waals surface area contributed by atoms with Crippen LogP contribution in [0, 0.1) is 0 Å². The first-order valence-corrected chi connectivity index (χ1v) is 7.98. The Labute approximate surface area is 144 Å². The molecular formula is C17H26ClN3O2. The highest BCUT2D eigenvalue weighted by Gasteiger charge is 2.19. The molecule has 1 atom stereocenters. The van der Waals surface area contributed by atoms with E-state index in [0.717, 1.165) is 25.1 Å². The van der Waals surface area contributed by atoms with Crippen molar-refractivity contribution in [1.82, 2.24) is 15.5 Å². The normalized spacial score (nSPS) is 15.2. The predicted molar refractivity (Wildman–Crippen MR) is 93.8 cm³/mol. The van der Waals surface area contributed by atoms with Gasteiger partial charge < -0.3 is 15.5 Å². The highest BCUT2D eigenvalue weighted by Crippen LogP contribution is 2.14. The molecule has 1 fully saturated rings. The Balaban J connectivity index is 0.00000264. The highest BCUT2D eigenvalue weighted by molar-refractivity contribution is 5.94. The number of amides is 2. The number of nitrogens with one attached hydrogen (secondary N) is 2. The minimum Gasteiger partial charge on any atom is -0.350 e. The van der Waals surface area contributed by atoms with Crippen LogP contribution in [0.5, 0.6) is 0 Å². The van der Waals surface area contributed by atoms with Gasteiger partial charge >= 0.3 is 0 Å². The van der Waals surface area contributed by atoms with Crippen LogP contribution < -0.4 is 10.6 Å². The van der Waals surface area contributed by atoms with Gasteiger partial charge in [0.2, 0.25) is 5.91 Å². The van der Waals surface area contributed by atoms with Gasteiger partial charge in [0.05, 0.1) is 0 Å². The second kappa shape index (κ2) is 9.53. The molecule has 1 aromatic rings. The zero-order valence-corrected chi connectivity index (χ0v) is 14.6. The van der Waals surface area contributed by atoms with Gasteiger partial charge in [-0.15, -0.1) is 12.4 Å². The average molecular weight is 340 g/mol. The van der Waals surface area contributed by atoms with Gasteiger partial charge in [0, 0.05) is 37.7 Å². The molecule has 1 saturated heterocycles. The van der Waals surface area contributed by atoms with Crippen molar-refractivity contribution in [2.45, 2.75) is 39.3 Å². The van der Waals surface area contributed by atoms with E-state index in [1.807, 2.05) is 43.0 Å². The number of rotatable bonds is 7. The van der Waals surface area contributed by atoms with Crippen molar-refractivity contribution >= 4 is 24.2 Å². The lowest BCUT2D eigenvalue weighted by molar-refractivity contribution is -0.128. The molecule has 128 valence electrons. The topological polar surface area (TPSA) is 61.4 Å². The number of likely N-dealkylation sites (tertiary alicyclic amines) is 1. The van der Waals surface area contributed by atoms with Crippen LogP contribution in [0.1, 0.15) is 42.6 Å². The molecule has 0 unspecified atom stereocenters. The molecule has 0 radical (unpaired) electrons. The SMILES string of the molecule is CCN[C@H](C)CNC(=O)c1ccc(CN2CCCC2=O)cc1.Cl. The molecule has 2 N–H and O–H groups in total. The number of carbonyl (C=O) groups is 2. The molecule has 1 heterocycles. The van der Waals surface area contributed by atoms with Crippen molar-refractivity contribution in [1.29, 1.82) is 0 Å². The van der Waals surface area contributed by atoms with Gasteiger partial charge in [0.25, 0.3) is 5.91 Å². The van der Waals surface area contributed by atoms with Gasteiger partial charge in [0.1, 0.15) is 0 Å². The number of halogens is 1. The van der Waals surface area contributed by atoms with Crippen molar-refractivity contribution < 1.29 is 9.59 Å². The molecule has 0 saturated carbocycles. The summed E-state index contributed by atoms with van der Waals surface area (Å²) in [7, 11) is 0. The number of hydrogen-bond acceptors (Lipinski definition) is 3. The van der Waals surface area contributed by atoms with Crippen LogP contribution in [0.3, 0.4) is 0 Å². The van der Waals surface area contributed by atoms with Crippen LogP contribution in [0.4, 0.5) is 0 Å². The van der Waals surface area contributed by atoms with Crippen LogP contribution in [0.2, 0.25) is 0 Å². The van der Waals surface area contributed by atoms with E-state index >= 15 is 0 Å². The first-order valence-electron chi connectivity index (χ1n) is 7.98. The van der Waals surface area contributed by atoms with Gasteiger partial charge in [-0.1, -0.05) is 19.1 Å². The maximum Gasteiger partial charge on any atom is 0.251 e. The average Bonchev–Trinajstić information content (AvgIpc) is 2.91. The predicted octanol–water partition coefficient (Wildman–Crippen LogP) is 1.96. The van der Waals surface area contributed by atoms with Crippen molar-refractivity contribution in [3.63, 3.8) is 0 Å². The Morgan fingerprint density at radius 1 is 1.30 bits per heavy atom. The van der Waals surface area contributed by atoms with Crippen molar-refractivity contribution in [2.24, 2.45) is 0 Å². The summed E-state index contributed by atoms with van der Waals surface area (Å²) in [5.41, 5.74) is 1.72. The second-order valence-corrected chi connectivity index (χ2v) is 5.78. The quantitative estimate of drug-likeness (QED) is 0.798. The van der Waals surface area contributed by atoms with Crippen molar-refractivity contribution in [3.05, 3.63) is 35.4 Å². The molecule has 1 aromatic carbocycles. The van der Waals surface area contributed by atoms with E-state index in [1.54, 1.807) is 0 Å². The first-order chi connectivity index (χ1) is 10.6. The number of carbonyl (C=O) groups excluding carboxylic acids is 2. The molecule has 0 aliphatic carbocycles. The van der Waals surface area contributed by atoms with Gasteiger partial charge in [0.15, 0.2) is 0 Å². The molecule has 2 rings (SSSR count). The minimum atomic E-state index is -0.0615. The summed E-state index contributed by atoms with van der Waals surface area (Å²) in [5, 5.41) is 6.17. The number of likely N-dealkylation sites (N-methyl/N-ethyl adjacent to an activating group) is 1. The summed E-state index contributed by atoms with van der Waals surface area (Å²) < 4.78 is 0. The third kappa shape index (κ3) is 5.84. The lowest BCUT2D eigenvalue weighted by atomic mass is 10.1. The molecule has 5 nitrogen and oxygen atoms in total. The second-order valence-electron chi connectivity index (χ2n) is 5.78. The molecule has 0 bridgehead atoms. The summed E-state index contributed by atoms with van der Waals surface area (Å²) in [4.78, 5) is 25.5. The van der Waals surface area contributed by atoms with Crippen LogP contribution >= 0.6 is 12.4 Å². The summed E-state index contributed by atoms with van der Waals surface area (Å²) in [6.45, 7) is 7.06. The van der Waals surface area contributed by atoms with Crippen LogP contribution in [-0.4, -0.2) is 42.4 Å². The number of nitrogens with zero attached hydrogens (tertiary/aromatic N) is 1. The van der Waals surface area contributed by atoms with Crippen LogP contribution in [0.25, 0.3) is 0 Å². The standard InChI is InChI=1S/C17H25N3O2.ClH/c1-3-18-13(2)11-19-17(22)15-8-6-14(7-9-15)12-20-10-4-5-16(20)21;/h6-9,13,18H,3-5,10-12H2,1-2H3,(H,19,22);1H/t13-;/m1./s1. The fourth-order valence-corrected chi connectivity index (χ4v) is 2.62. The maximum atomic E-state index is 12.1. The minimum absolute atomic E-state index is 0. The van der Waals surface area contributed by atoms with Crippen LogP contribution in [0.15, 0.2) is 24.3 Å². The van der Waals surface area contributed by atoms with E-state index in [2.05, 4.69) is 10.6 Å². The van der Waals surface area contributed by atoms with Gasteiger partial charge in [-0.25, -0.2) is 0 Å². The Hall–Kier alpha value is -1.59. The van der Waals surface area contributed by atoms with E-state index in [0.29, 0.717) is 25.1 Å². The van der Waals surface area contributed by atoms with E-state index in [4.69, 9.17) is 0 Å². The first kappa shape index (κ1) is 19.5. The Bertz CT molecular complexity index is 519. The van der Waals surface area contributed by atoms with Crippen molar-refractivity contribution in [3.8, 4) is 0 Å². The summed E-state index contributed by atoms with van der Waals surface area (Å²) in [6, 6.07) is 7.75. The molecule has 2 amide bonds. The third-order valence-corrected chi connectivity index (χ3v) is 3.88. The van der Waals surface area contributed by atoms with Gasteiger partial charge in [-0.05, 0) is 37.6 Å². The molecule has 0 spiro atoms. The largest absolute Gasteiger partial charge is 0.350 e. The number of hydrogen-bond donors (Lipinski definition) is 2. The fourth-order valence-electron chi connectivity index (χ4n) is 2.62. The molecule has 6 heteroatoms. The Morgan fingerprint density at radius 3 is 2.57 bits per heavy atom. The van der Waals surface area contributed by atoms with E-state index < -0.39 is 0 Å². The summed E-state index contributed by atoms with van der Waals surface area (Å²) in [5.74, 6) is 0.160. The Kier molecular flexibility index (Phi) is 8.06. The van der Waals surface area contributed by atoms with Crippen LogP contribution in [-0.2, 0) is 11.3 Å². The molecule has 23 heavy (non-hydrogen) atoms. The van der Waals surface area contributed by atoms with E-state index in [9.17, 15) is 9.59 Å². The van der Waals surface area contributed by atoms with E-state index in [-0.39, 0.29) is 30.3 Å². The summed E-state index contributed by atoms with van der Waals surface area (Å²) in [6.07, 6.45) is 1.60. The lowest BCUT2D eigenvalue weighted by Crippen LogP contribution is -2.38. The zero-order valence-electron chi connectivity index (χ0n) is 13.8. The third-order valence-electron chi connectivity index (χ3n) is 3.88. The van der Waals surface area contributed by atoms with E-state index in [1.165, 1.54) is 0 Å². The monoisotopic (exact) mass is 339 g/mol. The molecule has 1 aliphatic rings. The van der Waals surface area contributed by atoms with Gasteiger partial charge in [-0.2, -0.15) is 0 Å². The van der Waals surface area contributed by atoms with Crippen molar-refractivity contribution in [2.75, 3.05) is 19.6 Å². The number of benzene rings is 1. The molecule has 1 aliphatic heterocycles. The highest BCUT2D eigenvalue weighted by atomic mass is 35.5. The Morgan fingerprint density at radius 2 is 2.00 bits per heavy atom. The maximum absolute atomic E-state index is 12.1. The smallest absolute Gasteiger partial charge is 0.251 e.